The predicted octanol–water partition coefficient (Wildman–Crippen LogP) is 5.56. The first-order valence-corrected chi connectivity index (χ1v) is 10.4. The number of nitrogens with zero attached hydrogens (tertiary/aromatic N) is 2. The largest absolute Gasteiger partial charge is 0.324 e. The molecule has 0 aliphatic carbocycles. The molecule has 1 aliphatic rings. The van der Waals surface area contributed by atoms with E-state index in [9.17, 15) is 14.0 Å². The fourth-order valence-electron chi connectivity index (χ4n) is 3.62. The van der Waals surface area contributed by atoms with Gasteiger partial charge >= 0.3 is 6.03 Å². The van der Waals surface area contributed by atoms with Gasteiger partial charge in [-0.25, -0.2) is 9.18 Å². The average molecular weight is 438 g/mol. The second-order valence-corrected chi connectivity index (χ2v) is 7.73. The van der Waals surface area contributed by atoms with Crippen LogP contribution in [0.2, 0.25) is 5.02 Å². The van der Waals surface area contributed by atoms with E-state index in [4.69, 9.17) is 11.6 Å². The zero-order chi connectivity index (χ0) is 21.8. The van der Waals surface area contributed by atoms with Crippen molar-refractivity contribution >= 4 is 34.9 Å². The lowest BCUT2D eigenvalue weighted by Gasteiger charge is -2.36. The monoisotopic (exact) mass is 437 g/mol. The molecule has 5 nitrogen and oxygen atoms in total. The van der Waals surface area contributed by atoms with Gasteiger partial charge in [0, 0.05) is 31.0 Å². The van der Waals surface area contributed by atoms with E-state index in [1.807, 2.05) is 6.07 Å². The molecular formula is C24H21ClFN3O2. The van der Waals surface area contributed by atoms with Crippen LogP contribution < -0.4 is 10.2 Å². The maximum absolute atomic E-state index is 13.5. The van der Waals surface area contributed by atoms with Gasteiger partial charge in [-0.3, -0.25) is 9.69 Å². The molecule has 0 saturated carbocycles. The molecule has 1 fully saturated rings. The van der Waals surface area contributed by atoms with Gasteiger partial charge in [0.05, 0.1) is 10.6 Å². The van der Waals surface area contributed by atoms with Crippen LogP contribution in [0.25, 0.3) is 0 Å². The van der Waals surface area contributed by atoms with Gasteiger partial charge < -0.3 is 10.2 Å². The Labute approximate surface area is 185 Å². The number of carbonyl (C=O) groups is 2. The molecule has 0 spiro atoms. The van der Waals surface area contributed by atoms with Crippen molar-refractivity contribution in [2.75, 3.05) is 23.3 Å². The van der Waals surface area contributed by atoms with Crippen LogP contribution in [-0.2, 0) is 6.54 Å². The summed E-state index contributed by atoms with van der Waals surface area (Å²) >= 11 is 6.11. The van der Waals surface area contributed by atoms with E-state index >= 15 is 0 Å². The van der Waals surface area contributed by atoms with Crippen molar-refractivity contribution in [3.05, 3.63) is 94.8 Å². The number of hydrogen-bond acceptors (Lipinski definition) is 2. The van der Waals surface area contributed by atoms with Gasteiger partial charge in [-0.1, -0.05) is 41.9 Å². The van der Waals surface area contributed by atoms with Gasteiger partial charge in [-0.05, 0) is 54.4 Å². The van der Waals surface area contributed by atoms with Gasteiger partial charge in [0.1, 0.15) is 5.82 Å². The molecule has 3 aromatic carbocycles. The minimum absolute atomic E-state index is 0.148. The number of benzene rings is 3. The Kier molecular flexibility index (Phi) is 6.18. The summed E-state index contributed by atoms with van der Waals surface area (Å²) in [4.78, 5) is 29.0. The SMILES string of the molecule is O=C(Nc1cccc(N2CCCN(Cc3cccc(F)c3)C2=O)c1)c1ccccc1Cl. The summed E-state index contributed by atoms with van der Waals surface area (Å²) in [6.07, 6.45) is 0.789. The molecule has 1 aliphatic heterocycles. The Bertz CT molecular complexity index is 1120. The van der Waals surface area contributed by atoms with Gasteiger partial charge in [-0.15, -0.1) is 0 Å². The van der Waals surface area contributed by atoms with E-state index < -0.39 is 0 Å². The Morgan fingerprint density at radius 3 is 2.61 bits per heavy atom. The first-order valence-electron chi connectivity index (χ1n) is 9.98. The highest BCUT2D eigenvalue weighted by Crippen LogP contribution is 2.25. The topological polar surface area (TPSA) is 52.7 Å². The normalized spacial score (nSPS) is 13.9. The van der Waals surface area contributed by atoms with E-state index in [0.717, 1.165) is 12.0 Å². The van der Waals surface area contributed by atoms with Crippen LogP contribution in [0.4, 0.5) is 20.6 Å². The maximum Gasteiger partial charge on any atom is 0.324 e. The molecule has 158 valence electrons. The van der Waals surface area contributed by atoms with Crippen LogP contribution in [0.1, 0.15) is 22.3 Å². The zero-order valence-corrected chi connectivity index (χ0v) is 17.5. The molecule has 1 heterocycles. The fourth-order valence-corrected chi connectivity index (χ4v) is 3.84. The molecule has 1 N–H and O–H groups in total. The summed E-state index contributed by atoms with van der Waals surface area (Å²) < 4.78 is 13.5. The number of halogens is 2. The quantitative estimate of drug-likeness (QED) is 0.567. The van der Waals surface area contributed by atoms with Gasteiger partial charge in [0.15, 0.2) is 0 Å². The molecule has 4 rings (SSSR count). The number of anilines is 2. The van der Waals surface area contributed by atoms with Crippen LogP contribution >= 0.6 is 11.6 Å². The average Bonchev–Trinajstić information content (AvgIpc) is 2.76. The van der Waals surface area contributed by atoms with Crippen molar-refractivity contribution in [3.8, 4) is 0 Å². The number of urea groups is 1. The minimum atomic E-state index is -0.319. The summed E-state index contributed by atoms with van der Waals surface area (Å²) in [5.41, 5.74) is 2.38. The van der Waals surface area contributed by atoms with Crippen molar-refractivity contribution in [3.63, 3.8) is 0 Å². The van der Waals surface area contributed by atoms with E-state index in [0.29, 0.717) is 41.6 Å². The zero-order valence-electron chi connectivity index (χ0n) is 16.7. The highest BCUT2D eigenvalue weighted by atomic mass is 35.5. The van der Waals surface area contributed by atoms with Gasteiger partial charge in [-0.2, -0.15) is 0 Å². The Hall–Kier alpha value is -3.38. The lowest BCUT2D eigenvalue weighted by molar-refractivity contribution is 0.102. The number of carbonyl (C=O) groups excluding carboxylic acids is 2. The van der Waals surface area contributed by atoms with Crippen LogP contribution in [0.5, 0.6) is 0 Å². The molecular weight excluding hydrogens is 417 g/mol. The first kappa shape index (κ1) is 20.9. The number of nitrogens with one attached hydrogen (secondary N) is 1. The Morgan fingerprint density at radius 1 is 1.00 bits per heavy atom. The molecule has 1 saturated heterocycles. The maximum atomic E-state index is 13.5. The third kappa shape index (κ3) is 4.86. The van der Waals surface area contributed by atoms with Crippen LogP contribution in [-0.4, -0.2) is 29.9 Å². The second kappa shape index (κ2) is 9.18. The molecule has 0 atom stereocenters. The van der Waals surface area contributed by atoms with Crippen LogP contribution in [0, 0.1) is 5.82 Å². The second-order valence-electron chi connectivity index (χ2n) is 7.32. The minimum Gasteiger partial charge on any atom is -0.322 e. The van der Waals surface area contributed by atoms with E-state index in [-0.39, 0.29) is 17.8 Å². The summed E-state index contributed by atoms with van der Waals surface area (Å²) in [5.74, 6) is -0.638. The third-order valence-corrected chi connectivity index (χ3v) is 5.44. The number of rotatable bonds is 5. The lowest BCUT2D eigenvalue weighted by Crippen LogP contribution is -2.49. The van der Waals surface area contributed by atoms with Crippen molar-refractivity contribution in [1.29, 1.82) is 0 Å². The van der Waals surface area contributed by atoms with Crippen molar-refractivity contribution in [2.45, 2.75) is 13.0 Å². The van der Waals surface area contributed by atoms with E-state index in [1.165, 1.54) is 12.1 Å². The number of hydrogen-bond donors (Lipinski definition) is 1. The van der Waals surface area contributed by atoms with Gasteiger partial charge in [0.25, 0.3) is 5.91 Å². The van der Waals surface area contributed by atoms with Crippen molar-refractivity contribution in [1.82, 2.24) is 4.90 Å². The number of amides is 3. The van der Waals surface area contributed by atoms with Crippen LogP contribution in [0.3, 0.4) is 0 Å². The van der Waals surface area contributed by atoms with Crippen molar-refractivity contribution < 1.29 is 14.0 Å². The molecule has 3 aromatic rings. The van der Waals surface area contributed by atoms with Gasteiger partial charge in [0.2, 0.25) is 0 Å². The molecule has 0 bridgehead atoms. The van der Waals surface area contributed by atoms with Crippen molar-refractivity contribution in [2.24, 2.45) is 0 Å². The molecule has 3 amide bonds. The lowest BCUT2D eigenvalue weighted by atomic mass is 10.1. The Morgan fingerprint density at radius 2 is 1.81 bits per heavy atom. The highest BCUT2D eigenvalue weighted by Gasteiger charge is 2.27. The summed E-state index contributed by atoms with van der Waals surface area (Å²) in [5, 5.41) is 3.20. The Balaban J connectivity index is 1.49. The molecule has 0 radical (unpaired) electrons. The van der Waals surface area contributed by atoms with Crippen LogP contribution in [0.15, 0.2) is 72.8 Å². The molecule has 0 unspecified atom stereocenters. The fraction of sp³-hybridized carbons (Fsp3) is 0.167. The summed E-state index contributed by atoms with van der Waals surface area (Å²) in [6.45, 7) is 1.52. The smallest absolute Gasteiger partial charge is 0.322 e. The molecule has 0 aromatic heterocycles. The predicted molar refractivity (Wildman–Crippen MR) is 120 cm³/mol. The standard InChI is InChI=1S/C24H21ClFN3O2/c25-22-11-2-1-10-21(22)23(30)27-19-8-4-9-20(15-19)29-13-5-12-28(24(29)31)16-17-6-3-7-18(26)14-17/h1-4,6-11,14-15H,5,12-13,16H2,(H,27,30). The molecule has 31 heavy (non-hydrogen) atoms. The molecule has 7 heteroatoms. The van der Waals surface area contributed by atoms with E-state index in [1.54, 1.807) is 64.4 Å². The summed E-state index contributed by atoms with van der Waals surface area (Å²) in [6, 6.07) is 20.1. The third-order valence-electron chi connectivity index (χ3n) is 5.11. The highest BCUT2D eigenvalue weighted by molar-refractivity contribution is 6.34. The summed E-state index contributed by atoms with van der Waals surface area (Å²) in [7, 11) is 0. The van der Waals surface area contributed by atoms with E-state index in [2.05, 4.69) is 5.32 Å². The first-order chi connectivity index (χ1) is 15.0.